The van der Waals surface area contributed by atoms with Crippen LogP contribution in [0, 0.1) is 11.6 Å². The van der Waals surface area contributed by atoms with Crippen LogP contribution in [0.25, 0.3) is 0 Å². The van der Waals surface area contributed by atoms with E-state index >= 15 is 0 Å². The molecule has 3 unspecified atom stereocenters. The Morgan fingerprint density at radius 1 is 1.07 bits per heavy atom. The van der Waals surface area contributed by atoms with Crippen molar-refractivity contribution in [1.29, 1.82) is 0 Å². The van der Waals surface area contributed by atoms with E-state index < -0.39 is 34.5 Å². The third-order valence-electron chi connectivity index (χ3n) is 8.20. The highest BCUT2D eigenvalue weighted by molar-refractivity contribution is 6.06. The van der Waals surface area contributed by atoms with E-state index in [9.17, 15) is 23.2 Å². The Morgan fingerprint density at radius 3 is 2.55 bits per heavy atom. The second kappa shape index (κ2) is 9.19. The van der Waals surface area contributed by atoms with Crippen LogP contribution in [0.4, 0.5) is 20.3 Å². The van der Waals surface area contributed by atoms with Crippen LogP contribution in [0.15, 0.2) is 54.7 Å². The van der Waals surface area contributed by atoms with Crippen LogP contribution in [0.3, 0.4) is 0 Å². The number of carbonyl (C=O) groups excluding carboxylic acids is 3. The van der Waals surface area contributed by atoms with Gasteiger partial charge in [-0.2, -0.15) is 0 Å². The van der Waals surface area contributed by atoms with Crippen molar-refractivity contribution in [3.8, 4) is 0 Å². The maximum Gasteiger partial charge on any atom is 0.244 e. The Kier molecular flexibility index (Phi) is 5.99. The summed E-state index contributed by atoms with van der Waals surface area (Å²) < 4.78 is 28.2. The SMILES string of the molecule is CC1NC(C)(C)C(=O)N(CC(=O)Nc2ccc3c(c2)CC2(C3)C(=O)Nc3ncccc32)C1c1cc(F)cc(F)c1. The molecule has 1 aliphatic carbocycles. The molecule has 3 aromatic rings. The number of aromatic nitrogens is 1. The first-order chi connectivity index (χ1) is 19.0. The summed E-state index contributed by atoms with van der Waals surface area (Å²) in [5, 5.41) is 8.96. The van der Waals surface area contributed by atoms with Gasteiger partial charge < -0.3 is 15.5 Å². The zero-order valence-corrected chi connectivity index (χ0v) is 22.3. The molecule has 0 radical (unpaired) electrons. The van der Waals surface area contributed by atoms with Gasteiger partial charge in [-0.3, -0.25) is 19.7 Å². The van der Waals surface area contributed by atoms with Crippen molar-refractivity contribution in [3.63, 3.8) is 0 Å². The monoisotopic (exact) mass is 545 g/mol. The van der Waals surface area contributed by atoms with Crippen LogP contribution in [-0.4, -0.2) is 45.7 Å². The summed E-state index contributed by atoms with van der Waals surface area (Å²) in [6.45, 7) is 4.93. The number of nitrogens with one attached hydrogen (secondary N) is 3. The second-order valence-corrected chi connectivity index (χ2v) is 11.5. The average molecular weight is 546 g/mol. The number of hydrogen-bond donors (Lipinski definition) is 3. The van der Waals surface area contributed by atoms with Gasteiger partial charge in [-0.15, -0.1) is 0 Å². The molecule has 3 amide bonds. The van der Waals surface area contributed by atoms with E-state index in [0.717, 1.165) is 22.8 Å². The molecule has 2 aromatic carbocycles. The smallest absolute Gasteiger partial charge is 0.244 e. The van der Waals surface area contributed by atoms with Crippen molar-refractivity contribution in [1.82, 2.24) is 15.2 Å². The predicted octanol–water partition coefficient (Wildman–Crippen LogP) is 3.63. The van der Waals surface area contributed by atoms with E-state index in [1.165, 1.54) is 17.0 Å². The van der Waals surface area contributed by atoms with E-state index in [1.807, 2.05) is 31.2 Å². The van der Waals surface area contributed by atoms with Gasteiger partial charge in [0.25, 0.3) is 0 Å². The zero-order valence-electron chi connectivity index (χ0n) is 22.3. The molecule has 0 saturated carbocycles. The van der Waals surface area contributed by atoms with E-state index in [0.29, 0.717) is 24.3 Å². The van der Waals surface area contributed by atoms with Crippen LogP contribution in [0.2, 0.25) is 0 Å². The summed E-state index contributed by atoms with van der Waals surface area (Å²) in [7, 11) is 0. The minimum absolute atomic E-state index is 0.0863. The van der Waals surface area contributed by atoms with Gasteiger partial charge in [-0.1, -0.05) is 12.1 Å². The summed E-state index contributed by atoms with van der Waals surface area (Å²) in [5.41, 5.74) is 1.94. The first-order valence-corrected chi connectivity index (χ1v) is 13.2. The maximum atomic E-state index is 14.1. The van der Waals surface area contributed by atoms with Crippen molar-refractivity contribution < 1.29 is 23.2 Å². The molecule has 1 fully saturated rings. The third kappa shape index (κ3) is 4.23. The number of benzene rings is 2. The number of rotatable bonds is 4. The van der Waals surface area contributed by atoms with Crippen molar-refractivity contribution in [3.05, 3.63) is 88.6 Å². The molecule has 3 atom stereocenters. The Balaban J connectivity index is 1.23. The Morgan fingerprint density at radius 2 is 1.80 bits per heavy atom. The lowest BCUT2D eigenvalue weighted by Crippen LogP contribution is -2.66. The molecule has 3 heterocycles. The molecule has 206 valence electrons. The van der Waals surface area contributed by atoms with E-state index in [-0.39, 0.29) is 30.0 Å². The Hall–Kier alpha value is -4.18. The highest BCUT2D eigenvalue weighted by Gasteiger charge is 2.51. The molecule has 40 heavy (non-hydrogen) atoms. The quantitative estimate of drug-likeness (QED) is 0.465. The molecule has 10 heteroatoms. The van der Waals surface area contributed by atoms with Gasteiger partial charge in [0.2, 0.25) is 17.7 Å². The van der Waals surface area contributed by atoms with E-state index in [4.69, 9.17) is 0 Å². The lowest BCUT2D eigenvalue weighted by molar-refractivity contribution is -0.148. The number of amides is 3. The lowest BCUT2D eigenvalue weighted by atomic mass is 9.79. The number of fused-ring (bicyclic) bond motifs is 3. The number of halogens is 2. The standard InChI is InChI=1S/C30H29F2N5O3/c1-16-25(18-9-20(31)12-21(32)10-18)37(28(40)29(2,3)36-16)15-24(38)34-22-7-6-17-13-30(14-19(17)11-22)23-5-4-8-33-26(23)35-27(30)39/h4-12,16,25,36H,13-15H2,1-3H3,(H,34,38)(H,33,35,39). The average Bonchev–Trinajstić information content (AvgIpc) is 3.38. The van der Waals surface area contributed by atoms with Crippen molar-refractivity contribution in [2.45, 2.75) is 56.7 Å². The summed E-state index contributed by atoms with van der Waals surface area (Å²) in [5.74, 6) is -1.81. The van der Waals surface area contributed by atoms with Crippen LogP contribution < -0.4 is 16.0 Å². The molecular weight excluding hydrogens is 516 g/mol. The fraction of sp³-hybridized carbons (Fsp3) is 0.333. The fourth-order valence-electron chi connectivity index (χ4n) is 6.55. The Labute approximate surface area is 230 Å². The number of hydrogen-bond acceptors (Lipinski definition) is 5. The first-order valence-electron chi connectivity index (χ1n) is 13.2. The van der Waals surface area contributed by atoms with Crippen LogP contribution in [0.1, 0.15) is 49.1 Å². The van der Waals surface area contributed by atoms with Crippen LogP contribution in [0.5, 0.6) is 0 Å². The summed E-state index contributed by atoms with van der Waals surface area (Å²) in [6, 6.07) is 11.3. The molecular formula is C30H29F2N5O3. The Bertz CT molecular complexity index is 1550. The van der Waals surface area contributed by atoms with Crippen molar-refractivity contribution in [2.75, 3.05) is 17.2 Å². The minimum Gasteiger partial charge on any atom is -0.325 e. The number of nitrogens with zero attached hydrogens (tertiary/aromatic N) is 2. The maximum absolute atomic E-state index is 14.1. The summed E-state index contributed by atoms with van der Waals surface area (Å²) in [4.78, 5) is 45.4. The highest BCUT2D eigenvalue weighted by atomic mass is 19.1. The number of piperazine rings is 1. The minimum atomic E-state index is -0.975. The number of pyridine rings is 1. The highest BCUT2D eigenvalue weighted by Crippen LogP contribution is 2.47. The van der Waals surface area contributed by atoms with Gasteiger partial charge in [0, 0.05) is 29.6 Å². The molecule has 2 aliphatic heterocycles. The van der Waals surface area contributed by atoms with Gasteiger partial charge in [-0.05, 0) is 80.6 Å². The van der Waals surface area contributed by atoms with E-state index in [1.54, 1.807) is 26.1 Å². The van der Waals surface area contributed by atoms with Gasteiger partial charge >= 0.3 is 0 Å². The van der Waals surface area contributed by atoms with Gasteiger partial charge in [0.15, 0.2) is 0 Å². The second-order valence-electron chi connectivity index (χ2n) is 11.5. The predicted molar refractivity (Wildman–Crippen MR) is 145 cm³/mol. The molecule has 3 aliphatic rings. The van der Waals surface area contributed by atoms with E-state index in [2.05, 4.69) is 20.9 Å². The zero-order chi connectivity index (χ0) is 28.4. The molecule has 1 spiro atoms. The molecule has 6 rings (SSSR count). The first kappa shape index (κ1) is 26.1. The molecule has 3 N–H and O–H groups in total. The van der Waals surface area contributed by atoms with Crippen molar-refractivity contribution >= 4 is 29.2 Å². The number of anilines is 2. The molecule has 1 aromatic heterocycles. The molecule has 0 bridgehead atoms. The van der Waals surface area contributed by atoms with Gasteiger partial charge in [0.05, 0.1) is 17.0 Å². The van der Waals surface area contributed by atoms with Crippen LogP contribution in [-0.2, 0) is 32.6 Å². The molecule has 1 saturated heterocycles. The largest absolute Gasteiger partial charge is 0.325 e. The van der Waals surface area contributed by atoms with Crippen molar-refractivity contribution in [2.24, 2.45) is 0 Å². The van der Waals surface area contributed by atoms with Gasteiger partial charge in [-0.25, -0.2) is 13.8 Å². The summed E-state index contributed by atoms with van der Waals surface area (Å²) >= 11 is 0. The topological polar surface area (TPSA) is 103 Å². The van der Waals surface area contributed by atoms with Crippen LogP contribution >= 0.6 is 0 Å². The summed E-state index contributed by atoms with van der Waals surface area (Å²) in [6.07, 6.45) is 2.66. The fourth-order valence-corrected chi connectivity index (χ4v) is 6.55. The third-order valence-corrected chi connectivity index (χ3v) is 8.20. The number of carbonyl (C=O) groups is 3. The normalized spacial score (nSPS) is 24.6. The van der Waals surface area contributed by atoms with Gasteiger partial charge in [0.1, 0.15) is 24.0 Å². The molecule has 8 nitrogen and oxygen atoms in total. The lowest BCUT2D eigenvalue weighted by Gasteiger charge is -2.47.